The van der Waals surface area contributed by atoms with E-state index in [1.54, 1.807) is 18.2 Å². The van der Waals surface area contributed by atoms with Crippen molar-refractivity contribution in [3.63, 3.8) is 0 Å². The third-order valence-corrected chi connectivity index (χ3v) is 6.04. The highest BCUT2D eigenvalue weighted by atomic mass is 19.1. The van der Waals surface area contributed by atoms with Gasteiger partial charge in [-0.1, -0.05) is 45.0 Å². The quantitative estimate of drug-likeness (QED) is 0.401. The van der Waals surface area contributed by atoms with E-state index in [2.05, 4.69) is 5.32 Å². The Morgan fingerprint density at radius 1 is 1.11 bits per heavy atom. The summed E-state index contributed by atoms with van der Waals surface area (Å²) in [6, 6.07) is 12.0. The van der Waals surface area contributed by atoms with E-state index in [1.165, 1.54) is 31.4 Å². The van der Waals surface area contributed by atoms with Crippen LogP contribution in [0.15, 0.2) is 54.7 Å². The highest BCUT2D eigenvalue weighted by Gasteiger charge is 2.34. The van der Waals surface area contributed by atoms with E-state index in [-0.39, 0.29) is 23.6 Å². The highest BCUT2D eigenvalue weighted by Crippen LogP contribution is 2.34. The second-order valence-corrected chi connectivity index (χ2v) is 10.3. The lowest BCUT2D eigenvalue weighted by molar-refractivity contribution is -0.133. The smallest absolute Gasteiger partial charge is 0.249 e. The number of aromatic nitrogens is 2. The van der Waals surface area contributed by atoms with Crippen molar-refractivity contribution in [2.24, 2.45) is 11.1 Å². The molecule has 0 radical (unpaired) electrons. The Hall–Kier alpha value is -3.10. The first-order chi connectivity index (χ1) is 17.0. The van der Waals surface area contributed by atoms with Crippen molar-refractivity contribution in [2.75, 3.05) is 7.11 Å². The van der Waals surface area contributed by atoms with Gasteiger partial charge in [-0.3, -0.25) is 4.79 Å². The maximum absolute atomic E-state index is 14.0. The molecule has 1 amide bonds. The number of nitrogens with zero attached hydrogens (tertiary/aromatic N) is 2. The molecule has 2 aromatic carbocycles. The van der Waals surface area contributed by atoms with Gasteiger partial charge in [0.1, 0.15) is 23.6 Å². The molecule has 1 aromatic heterocycles. The Balaban J connectivity index is 2.03. The Labute approximate surface area is 211 Å². The van der Waals surface area contributed by atoms with Crippen LogP contribution in [0.5, 0.6) is 0 Å². The van der Waals surface area contributed by atoms with Gasteiger partial charge in [-0.15, -0.1) is 0 Å². The molecule has 194 valence electrons. The number of carbonyl (C=O) groups is 1. The zero-order valence-corrected chi connectivity index (χ0v) is 21.6. The van der Waals surface area contributed by atoms with Crippen LogP contribution >= 0.6 is 0 Å². The number of hydrogen-bond acceptors (Lipinski definition) is 4. The maximum Gasteiger partial charge on any atom is 0.249 e. The van der Waals surface area contributed by atoms with Gasteiger partial charge in [0.15, 0.2) is 0 Å². The van der Waals surface area contributed by atoms with Crippen LogP contribution in [-0.2, 0) is 16.1 Å². The second kappa shape index (κ2) is 11.8. The fourth-order valence-corrected chi connectivity index (χ4v) is 4.08. The molecule has 3 rings (SSSR count). The summed E-state index contributed by atoms with van der Waals surface area (Å²) >= 11 is 0. The summed E-state index contributed by atoms with van der Waals surface area (Å²) < 4.78 is 35.2. The topological polar surface area (TPSA) is 82.2 Å². The Bertz CT molecular complexity index is 1170. The molecular weight excluding hydrogens is 462 g/mol. The van der Waals surface area contributed by atoms with Crippen molar-refractivity contribution in [2.45, 2.75) is 65.3 Å². The molecule has 1 heterocycles. The van der Waals surface area contributed by atoms with E-state index in [9.17, 15) is 13.6 Å². The fraction of sp³-hybridized carbons (Fsp3) is 0.429. The summed E-state index contributed by atoms with van der Waals surface area (Å²) in [6.45, 7) is 8.23. The van der Waals surface area contributed by atoms with Gasteiger partial charge in [-0.05, 0) is 55.0 Å². The number of benzene rings is 2. The van der Waals surface area contributed by atoms with Crippen LogP contribution in [0.25, 0.3) is 11.3 Å². The van der Waals surface area contributed by atoms with Gasteiger partial charge >= 0.3 is 0 Å². The van der Waals surface area contributed by atoms with E-state index >= 15 is 0 Å². The number of imidazole rings is 1. The number of methoxy groups -OCH3 is 1. The molecule has 3 atom stereocenters. The van der Waals surface area contributed by atoms with Gasteiger partial charge in [0.25, 0.3) is 0 Å². The Morgan fingerprint density at radius 3 is 2.36 bits per heavy atom. The Kier molecular flexibility index (Phi) is 8.98. The first-order valence-electron chi connectivity index (χ1n) is 12.1. The summed E-state index contributed by atoms with van der Waals surface area (Å²) in [4.78, 5) is 18.1. The van der Waals surface area contributed by atoms with Crippen LogP contribution in [0.2, 0.25) is 0 Å². The number of nitrogens with one attached hydrogen (secondary N) is 1. The molecule has 36 heavy (non-hydrogen) atoms. The molecule has 0 saturated carbocycles. The molecule has 0 fully saturated rings. The maximum atomic E-state index is 14.0. The van der Waals surface area contributed by atoms with Gasteiger partial charge in [0.2, 0.25) is 5.91 Å². The van der Waals surface area contributed by atoms with Gasteiger partial charge < -0.3 is 20.4 Å². The summed E-state index contributed by atoms with van der Waals surface area (Å²) in [5.41, 5.74) is 7.36. The lowest BCUT2D eigenvalue weighted by Crippen LogP contribution is -2.44. The van der Waals surface area contributed by atoms with Crippen LogP contribution in [0, 0.1) is 17.0 Å². The van der Waals surface area contributed by atoms with Gasteiger partial charge in [-0.2, -0.15) is 0 Å². The first kappa shape index (κ1) is 27.5. The van der Waals surface area contributed by atoms with E-state index in [4.69, 9.17) is 15.5 Å². The van der Waals surface area contributed by atoms with Crippen LogP contribution in [0.1, 0.15) is 58.0 Å². The molecule has 0 aliphatic carbocycles. The summed E-state index contributed by atoms with van der Waals surface area (Å²) in [6.07, 6.45) is 2.28. The molecule has 0 aliphatic heterocycles. The molecule has 6 nitrogen and oxygen atoms in total. The SMILES string of the molecule is COC(CC[C@H](C)N)C(=O)N[C@@H](c1nc(-c2cccc(F)c2)cn1Cc1cccc(F)c1)C(C)(C)C. The predicted octanol–water partition coefficient (Wildman–Crippen LogP) is 5.22. The molecular formula is C28H36F2N4O2. The van der Waals surface area contributed by atoms with Crippen LogP contribution in [0.3, 0.4) is 0 Å². The third-order valence-electron chi connectivity index (χ3n) is 6.04. The standard InChI is InChI=1S/C28H36F2N4O2/c1-18(31)12-13-24(36-5)27(35)33-25(28(2,3)4)26-32-23(20-9-7-11-22(30)15-20)17-34(26)16-19-8-6-10-21(29)14-19/h6-11,14-15,17-18,24-25H,12-13,16,31H2,1-5H3,(H,33,35)/t18-,24?,25-/m0/s1. The van der Waals surface area contributed by atoms with E-state index in [1.807, 2.05) is 44.5 Å². The normalized spacial score (nSPS) is 14.3. The number of carbonyl (C=O) groups excluding carboxylic acids is 1. The van der Waals surface area contributed by atoms with Crippen molar-refractivity contribution in [1.29, 1.82) is 0 Å². The predicted molar refractivity (Wildman–Crippen MR) is 137 cm³/mol. The monoisotopic (exact) mass is 498 g/mol. The molecule has 0 spiro atoms. The lowest BCUT2D eigenvalue weighted by Gasteiger charge is -2.32. The number of hydrogen-bond donors (Lipinski definition) is 2. The molecule has 0 bridgehead atoms. The minimum Gasteiger partial charge on any atom is -0.372 e. The van der Waals surface area contributed by atoms with E-state index < -0.39 is 17.6 Å². The molecule has 0 aliphatic rings. The van der Waals surface area contributed by atoms with Crippen molar-refractivity contribution in [3.05, 3.63) is 77.8 Å². The van der Waals surface area contributed by atoms with Crippen LogP contribution < -0.4 is 11.1 Å². The van der Waals surface area contributed by atoms with Gasteiger partial charge in [0, 0.05) is 31.5 Å². The average Bonchev–Trinajstić information content (AvgIpc) is 3.20. The number of nitrogens with two attached hydrogens (primary N) is 1. The molecule has 8 heteroatoms. The average molecular weight is 499 g/mol. The zero-order chi connectivity index (χ0) is 26.5. The molecule has 3 N–H and O–H groups in total. The first-order valence-corrected chi connectivity index (χ1v) is 12.1. The third kappa shape index (κ3) is 7.21. The number of halogens is 2. The number of amides is 1. The Morgan fingerprint density at radius 2 is 1.78 bits per heavy atom. The minimum atomic E-state index is -0.657. The van der Waals surface area contributed by atoms with Crippen molar-refractivity contribution in [3.8, 4) is 11.3 Å². The molecule has 1 unspecified atom stereocenters. The molecule has 3 aromatic rings. The second-order valence-electron chi connectivity index (χ2n) is 10.3. The fourth-order valence-electron chi connectivity index (χ4n) is 4.08. The summed E-state index contributed by atoms with van der Waals surface area (Å²) in [5.74, 6) is -0.379. The van der Waals surface area contributed by atoms with Crippen LogP contribution in [0.4, 0.5) is 8.78 Å². The van der Waals surface area contributed by atoms with Gasteiger partial charge in [-0.25, -0.2) is 13.8 Å². The van der Waals surface area contributed by atoms with E-state index in [0.717, 1.165) is 5.56 Å². The zero-order valence-electron chi connectivity index (χ0n) is 21.6. The molecule has 0 saturated heterocycles. The van der Waals surface area contributed by atoms with Crippen molar-refractivity contribution < 1.29 is 18.3 Å². The number of rotatable bonds is 10. The van der Waals surface area contributed by atoms with Crippen molar-refractivity contribution >= 4 is 5.91 Å². The highest BCUT2D eigenvalue weighted by molar-refractivity contribution is 5.81. The lowest BCUT2D eigenvalue weighted by atomic mass is 9.85. The van der Waals surface area contributed by atoms with E-state index in [0.29, 0.717) is 36.5 Å². The van der Waals surface area contributed by atoms with Gasteiger partial charge in [0.05, 0.1) is 11.7 Å². The summed E-state index contributed by atoms with van der Waals surface area (Å²) in [5, 5.41) is 3.13. The van der Waals surface area contributed by atoms with Crippen molar-refractivity contribution in [1.82, 2.24) is 14.9 Å². The summed E-state index contributed by atoms with van der Waals surface area (Å²) in [7, 11) is 1.50. The largest absolute Gasteiger partial charge is 0.372 e. The number of ether oxygens (including phenoxy) is 1. The van der Waals surface area contributed by atoms with Crippen LogP contribution in [-0.4, -0.2) is 34.7 Å². The minimum absolute atomic E-state index is 0.0483.